The standard InChI is InChI=1S/C21H25F3N2O2/c1-28-20-3-2-16(21(24)11-20)13-26-6-5-25(14-19(26)4-7-27)12-15-8-17(22)10-18(23)9-15/h2-3,8-11,19,27H,4-7,12-14H2,1H3/t19-/m0/s1. The van der Waals surface area contributed by atoms with Gasteiger partial charge in [0.2, 0.25) is 0 Å². The normalized spacial score (nSPS) is 18.4. The van der Waals surface area contributed by atoms with Gasteiger partial charge < -0.3 is 9.84 Å². The summed E-state index contributed by atoms with van der Waals surface area (Å²) in [6.45, 7) is 2.89. The van der Waals surface area contributed by atoms with Gasteiger partial charge in [0.25, 0.3) is 0 Å². The van der Waals surface area contributed by atoms with E-state index >= 15 is 0 Å². The van der Waals surface area contributed by atoms with Crippen LogP contribution < -0.4 is 4.74 Å². The van der Waals surface area contributed by atoms with E-state index < -0.39 is 11.6 Å². The number of aliphatic hydroxyl groups excluding tert-OH is 1. The molecule has 0 bridgehead atoms. The maximum absolute atomic E-state index is 14.3. The van der Waals surface area contributed by atoms with Gasteiger partial charge in [-0.2, -0.15) is 0 Å². The lowest BCUT2D eigenvalue weighted by molar-refractivity contribution is 0.0492. The summed E-state index contributed by atoms with van der Waals surface area (Å²) in [5.74, 6) is -1.02. The Kier molecular flexibility index (Phi) is 6.93. The molecule has 0 spiro atoms. The van der Waals surface area contributed by atoms with Crippen molar-refractivity contribution in [2.45, 2.75) is 25.6 Å². The van der Waals surface area contributed by atoms with E-state index in [2.05, 4.69) is 9.80 Å². The van der Waals surface area contributed by atoms with Crippen molar-refractivity contribution >= 4 is 0 Å². The van der Waals surface area contributed by atoms with Crippen LogP contribution in [0.1, 0.15) is 17.5 Å². The average molecular weight is 394 g/mol. The van der Waals surface area contributed by atoms with E-state index in [9.17, 15) is 18.3 Å². The zero-order chi connectivity index (χ0) is 20.1. The highest BCUT2D eigenvalue weighted by Gasteiger charge is 2.27. The minimum Gasteiger partial charge on any atom is -0.497 e. The van der Waals surface area contributed by atoms with E-state index in [1.165, 1.54) is 25.3 Å². The molecule has 0 radical (unpaired) electrons. The first-order valence-electron chi connectivity index (χ1n) is 9.33. The van der Waals surface area contributed by atoms with Gasteiger partial charge in [0.05, 0.1) is 7.11 Å². The van der Waals surface area contributed by atoms with Gasteiger partial charge in [-0.25, -0.2) is 13.2 Å². The SMILES string of the molecule is COc1ccc(CN2CCN(Cc3cc(F)cc(F)c3)C[C@@H]2CCO)c(F)c1. The number of rotatable bonds is 7. The number of hydrogen-bond acceptors (Lipinski definition) is 4. The summed E-state index contributed by atoms with van der Waals surface area (Å²) in [6.07, 6.45) is 0.547. The zero-order valence-electron chi connectivity index (χ0n) is 15.9. The van der Waals surface area contributed by atoms with Crippen molar-refractivity contribution in [3.63, 3.8) is 0 Å². The molecule has 1 aliphatic rings. The third-order valence-corrected chi connectivity index (χ3v) is 5.11. The summed E-state index contributed by atoms with van der Waals surface area (Å²) in [5, 5.41) is 9.44. The van der Waals surface area contributed by atoms with Crippen molar-refractivity contribution < 1.29 is 23.0 Å². The van der Waals surface area contributed by atoms with Crippen LogP contribution in [0.2, 0.25) is 0 Å². The topological polar surface area (TPSA) is 35.9 Å². The number of ether oxygens (including phenoxy) is 1. The zero-order valence-corrected chi connectivity index (χ0v) is 15.9. The highest BCUT2D eigenvalue weighted by molar-refractivity contribution is 5.29. The van der Waals surface area contributed by atoms with E-state index in [0.29, 0.717) is 56.0 Å². The molecule has 1 fully saturated rings. The summed E-state index contributed by atoms with van der Waals surface area (Å²) >= 11 is 0. The van der Waals surface area contributed by atoms with Gasteiger partial charge >= 0.3 is 0 Å². The molecule has 1 N–H and O–H groups in total. The Balaban J connectivity index is 1.67. The highest BCUT2D eigenvalue weighted by atomic mass is 19.1. The molecule has 2 aromatic carbocycles. The summed E-state index contributed by atoms with van der Waals surface area (Å²) < 4.78 is 46.2. The van der Waals surface area contributed by atoms with Gasteiger partial charge in [0.15, 0.2) is 0 Å². The molecule has 0 unspecified atom stereocenters. The van der Waals surface area contributed by atoms with E-state index in [0.717, 1.165) is 6.07 Å². The molecular formula is C21H25F3N2O2. The lowest BCUT2D eigenvalue weighted by atomic mass is 10.1. The van der Waals surface area contributed by atoms with Crippen LogP contribution >= 0.6 is 0 Å². The van der Waals surface area contributed by atoms with Gasteiger partial charge in [0.1, 0.15) is 23.2 Å². The van der Waals surface area contributed by atoms with Crippen LogP contribution in [0.4, 0.5) is 13.2 Å². The number of aliphatic hydroxyl groups is 1. The third-order valence-electron chi connectivity index (χ3n) is 5.11. The van der Waals surface area contributed by atoms with Crippen molar-refractivity contribution in [2.75, 3.05) is 33.4 Å². The Morgan fingerprint density at radius 3 is 2.43 bits per heavy atom. The number of methoxy groups -OCH3 is 1. The summed E-state index contributed by atoms with van der Waals surface area (Å²) in [5.41, 5.74) is 1.15. The quantitative estimate of drug-likeness (QED) is 0.783. The first-order chi connectivity index (χ1) is 13.5. The number of halogens is 3. The van der Waals surface area contributed by atoms with Gasteiger partial charge in [0, 0.05) is 63.1 Å². The van der Waals surface area contributed by atoms with E-state index in [1.54, 1.807) is 12.1 Å². The summed E-state index contributed by atoms with van der Waals surface area (Å²) in [4.78, 5) is 4.25. The predicted molar refractivity (Wildman–Crippen MR) is 100 cm³/mol. The fraction of sp³-hybridized carbons (Fsp3) is 0.429. The van der Waals surface area contributed by atoms with E-state index in [4.69, 9.17) is 4.74 Å². The van der Waals surface area contributed by atoms with Crippen molar-refractivity contribution in [3.8, 4) is 5.75 Å². The molecule has 0 saturated carbocycles. The molecule has 1 atom stereocenters. The molecule has 0 aromatic heterocycles. The lowest BCUT2D eigenvalue weighted by Crippen LogP contribution is -2.52. The molecule has 1 saturated heterocycles. The Bertz CT molecular complexity index is 783. The molecule has 4 nitrogen and oxygen atoms in total. The summed E-state index contributed by atoms with van der Waals surface area (Å²) in [7, 11) is 1.50. The number of nitrogens with zero attached hydrogens (tertiary/aromatic N) is 2. The Morgan fingerprint density at radius 1 is 1.04 bits per heavy atom. The second kappa shape index (κ2) is 9.41. The first kappa shape index (κ1) is 20.6. The molecule has 152 valence electrons. The van der Waals surface area contributed by atoms with Crippen molar-refractivity contribution in [1.82, 2.24) is 9.80 Å². The lowest BCUT2D eigenvalue weighted by Gasteiger charge is -2.41. The second-order valence-electron chi connectivity index (χ2n) is 7.11. The van der Waals surface area contributed by atoms with Crippen LogP contribution in [-0.2, 0) is 13.1 Å². The molecule has 1 aliphatic heterocycles. The highest BCUT2D eigenvalue weighted by Crippen LogP contribution is 2.22. The Morgan fingerprint density at radius 2 is 1.79 bits per heavy atom. The van der Waals surface area contributed by atoms with E-state index in [-0.39, 0.29) is 18.5 Å². The van der Waals surface area contributed by atoms with Crippen molar-refractivity contribution in [2.24, 2.45) is 0 Å². The third kappa shape index (κ3) is 5.25. The fourth-order valence-electron chi connectivity index (χ4n) is 3.69. The smallest absolute Gasteiger partial charge is 0.131 e. The maximum atomic E-state index is 14.3. The van der Waals surface area contributed by atoms with Crippen LogP contribution in [-0.4, -0.2) is 54.3 Å². The minimum absolute atomic E-state index is 0.0225. The molecule has 0 amide bonds. The van der Waals surface area contributed by atoms with E-state index in [1.807, 2.05) is 0 Å². The molecule has 0 aliphatic carbocycles. The van der Waals surface area contributed by atoms with Gasteiger partial charge in [-0.15, -0.1) is 0 Å². The first-order valence-corrected chi connectivity index (χ1v) is 9.33. The number of piperazine rings is 1. The molecule has 1 heterocycles. The van der Waals surface area contributed by atoms with Crippen LogP contribution in [0.25, 0.3) is 0 Å². The molecule has 7 heteroatoms. The van der Waals surface area contributed by atoms with Gasteiger partial charge in [-0.3, -0.25) is 9.80 Å². The van der Waals surface area contributed by atoms with Gasteiger partial charge in [-0.1, -0.05) is 6.07 Å². The Hall–Kier alpha value is -2.09. The number of benzene rings is 2. The summed E-state index contributed by atoms with van der Waals surface area (Å²) in [6, 6.07) is 8.37. The maximum Gasteiger partial charge on any atom is 0.131 e. The molecule has 3 rings (SSSR count). The second-order valence-corrected chi connectivity index (χ2v) is 7.11. The van der Waals surface area contributed by atoms with Gasteiger partial charge in [-0.05, 0) is 30.2 Å². The minimum atomic E-state index is -0.587. The molecular weight excluding hydrogens is 369 g/mol. The number of hydrogen-bond donors (Lipinski definition) is 1. The van der Waals surface area contributed by atoms with Crippen LogP contribution in [0.15, 0.2) is 36.4 Å². The largest absolute Gasteiger partial charge is 0.497 e. The Labute approximate surface area is 163 Å². The van der Waals surface area contributed by atoms with Crippen LogP contribution in [0, 0.1) is 17.5 Å². The van der Waals surface area contributed by atoms with Crippen LogP contribution in [0.3, 0.4) is 0 Å². The molecule has 28 heavy (non-hydrogen) atoms. The van der Waals surface area contributed by atoms with Crippen molar-refractivity contribution in [3.05, 3.63) is 65.0 Å². The predicted octanol–water partition coefficient (Wildman–Crippen LogP) is 3.18. The van der Waals surface area contributed by atoms with Crippen molar-refractivity contribution in [1.29, 1.82) is 0 Å². The fourth-order valence-corrected chi connectivity index (χ4v) is 3.69. The van der Waals surface area contributed by atoms with Crippen LogP contribution in [0.5, 0.6) is 5.75 Å². The monoisotopic (exact) mass is 394 g/mol. The molecule has 2 aromatic rings. The average Bonchev–Trinajstić information content (AvgIpc) is 2.64.